The molecule has 0 aliphatic rings. The fraction of sp³-hybridized carbons (Fsp3) is 0.167. The van der Waals surface area contributed by atoms with Crippen LogP contribution in [0.1, 0.15) is 12.0 Å². The molecule has 0 atom stereocenters. The predicted octanol–water partition coefficient (Wildman–Crippen LogP) is 4.05. The highest BCUT2D eigenvalue weighted by Gasteiger charge is 2.10. The van der Waals surface area contributed by atoms with E-state index in [-0.39, 0.29) is 31.3 Å². The van der Waals surface area contributed by atoms with Crippen molar-refractivity contribution in [3.63, 3.8) is 0 Å². The summed E-state index contributed by atoms with van der Waals surface area (Å²) in [6.07, 6.45) is 0.422. The number of hydrogen-bond donors (Lipinski definition) is 2. The average molecular weight is 388 g/mol. The number of anilines is 1. The lowest BCUT2D eigenvalue weighted by molar-refractivity contribution is -0.120. The van der Waals surface area contributed by atoms with Crippen LogP contribution >= 0.6 is 0 Å². The first-order valence-electron chi connectivity index (χ1n) is 9.53. The van der Waals surface area contributed by atoms with E-state index >= 15 is 0 Å². The number of ether oxygens (including phenoxy) is 1. The number of carbonyl (C=O) groups excluding carboxylic acids is 2. The molecule has 5 nitrogen and oxygen atoms in total. The molecule has 0 saturated carbocycles. The summed E-state index contributed by atoms with van der Waals surface area (Å²) in [5.74, 6) is 0.477. The van der Waals surface area contributed by atoms with E-state index in [1.807, 2.05) is 72.8 Å². The normalized spacial score (nSPS) is 10.2. The predicted molar refractivity (Wildman–Crippen MR) is 115 cm³/mol. The quantitative estimate of drug-likeness (QED) is 0.612. The number of para-hydroxylation sites is 2. The number of amides is 2. The Morgan fingerprint density at radius 3 is 2.31 bits per heavy atom. The molecule has 2 amide bonds. The number of nitrogens with one attached hydrogen (secondary N) is 2. The lowest BCUT2D eigenvalue weighted by Crippen LogP contribution is -2.21. The van der Waals surface area contributed by atoms with Crippen molar-refractivity contribution >= 4 is 17.5 Å². The number of carbonyl (C=O) groups is 2. The van der Waals surface area contributed by atoms with E-state index in [9.17, 15) is 9.59 Å². The summed E-state index contributed by atoms with van der Waals surface area (Å²) < 4.78 is 5.89. The molecule has 29 heavy (non-hydrogen) atoms. The molecule has 0 heterocycles. The van der Waals surface area contributed by atoms with Crippen LogP contribution in [0.2, 0.25) is 0 Å². The molecular weight excluding hydrogens is 364 g/mol. The van der Waals surface area contributed by atoms with Crippen molar-refractivity contribution in [3.05, 3.63) is 84.4 Å². The summed E-state index contributed by atoms with van der Waals surface area (Å²) >= 11 is 0. The molecular formula is C24H24N2O3. The summed E-state index contributed by atoms with van der Waals surface area (Å²) in [5, 5.41) is 5.47. The van der Waals surface area contributed by atoms with E-state index in [2.05, 4.69) is 10.6 Å². The first kappa shape index (κ1) is 20.1. The molecule has 3 aromatic rings. The first-order valence-corrected chi connectivity index (χ1v) is 9.53. The van der Waals surface area contributed by atoms with Gasteiger partial charge in [-0.1, -0.05) is 66.7 Å². The molecule has 0 aliphatic heterocycles. The topological polar surface area (TPSA) is 67.4 Å². The summed E-state index contributed by atoms with van der Waals surface area (Å²) in [7, 11) is 1.59. The van der Waals surface area contributed by atoms with Crippen molar-refractivity contribution < 1.29 is 14.3 Å². The maximum atomic E-state index is 12.4. The fourth-order valence-electron chi connectivity index (χ4n) is 2.97. The molecule has 2 N–H and O–H groups in total. The number of rotatable bonds is 8. The van der Waals surface area contributed by atoms with Gasteiger partial charge in [0.1, 0.15) is 5.75 Å². The lowest BCUT2D eigenvalue weighted by Gasteiger charge is -2.13. The first-order chi connectivity index (χ1) is 14.2. The standard InChI is InChI=1S/C24H24N2O3/c1-25-24(28)17-19-11-5-7-13-21(19)26-23(27)15-16-29-22-14-8-6-12-20(22)18-9-3-2-4-10-18/h2-14H,15-17H2,1H3,(H,25,28)(H,26,27). The van der Waals surface area contributed by atoms with Crippen LogP contribution < -0.4 is 15.4 Å². The van der Waals surface area contributed by atoms with Crippen LogP contribution in [0.4, 0.5) is 5.69 Å². The SMILES string of the molecule is CNC(=O)Cc1ccccc1NC(=O)CCOc1ccccc1-c1ccccc1. The van der Waals surface area contributed by atoms with Gasteiger partial charge in [0, 0.05) is 18.3 Å². The number of hydrogen-bond acceptors (Lipinski definition) is 3. The van der Waals surface area contributed by atoms with Crippen molar-refractivity contribution in [1.29, 1.82) is 0 Å². The van der Waals surface area contributed by atoms with Gasteiger partial charge < -0.3 is 15.4 Å². The van der Waals surface area contributed by atoms with Crippen LogP contribution in [0, 0.1) is 0 Å². The minimum absolute atomic E-state index is 0.104. The van der Waals surface area contributed by atoms with Crippen LogP contribution in [0.25, 0.3) is 11.1 Å². The van der Waals surface area contributed by atoms with Crippen LogP contribution in [-0.2, 0) is 16.0 Å². The molecule has 0 radical (unpaired) electrons. The van der Waals surface area contributed by atoms with Gasteiger partial charge >= 0.3 is 0 Å². The fourth-order valence-corrected chi connectivity index (χ4v) is 2.97. The molecule has 3 aromatic carbocycles. The van der Waals surface area contributed by atoms with E-state index < -0.39 is 0 Å². The Labute approximate surface area is 170 Å². The minimum Gasteiger partial charge on any atom is -0.492 e. The monoisotopic (exact) mass is 388 g/mol. The number of likely N-dealkylation sites (N-methyl/N-ethyl adjacent to an activating group) is 1. The highest BCUT2D eigenvalue weighted by molar-refractivity contribution is 5.92. The maximum absolute atomic E-state index is 12.4. The van der Waals surface area contributed by atoms with Gasteiger partial charge in [-0.05, 0) is 23.3 Å². The Morgan fingerprint density at radius 1 is 0.828 bits per heavy atom. The molecule has 0 fully saturated rings. The van der Waals surface area contributed by atoms with Gasteiger partial charge in [0.2, 0.25) is 11.8 Å². The van der Waals surface area contributed by atoms with Gasteiger partial charge in [0.15, 0.2) is 0 Å². The summed E-state index contributed by atoms with van der Waals surface area (Å²) in [6, 6.07) is 25.1. The van der Waals surface area contributed by atoms with Crippen molar-refractivity contribution in [2.45, 2.75) is 12.8 Å². The average Bonchev–Trinajstić information content (AvgIpc) is 2.76. The Hall–Kier alpha value is -3.60. The van der Waals surface area contributed by atoms with E-state index in [4.69, 9.17) is 4.74 Å². The van der Waals surface area contributed by atoms with E-state index in [1.54, 1.807) is 13.1 Å². The Kier molecular flexibility index (Phi) is 7.00. The second-order valence-corrected chi connectivity index (χ2v) is 6.52. The second kappa shape index (κ2) is 10.1. The van der Waals surface area contributed by atoms with Crippen LogP contribution in [-0.4, -0.2) is 25.5 Å². The summed E-state index contributed by atoms with van der Waals surface area (Å²) in [5.41, 5.74) is 3.47. The highest BCUT2D eigenvalue weighted by Crippen LogP contribution is 2.29. The Balaban J connectivity index is 1.59. The van der Waals surface area contributed by atoms with Crippen molar-refractivity contribution in [3.8, 4) is 16.9 Å². The third-order valence-corrected chi connectivity index (χ3v) is 4.48. The summed E-state index contributed by atoms with van der Waals surface area (Å²) in [6.45, 7) is 0.257. The molecule has 0 aromatic heterocycles. The second-order valence-electron chi connectivity index (χ2n) is 6.52. The van der Waals surface area contributed by atoms with Gasteiger partial charge in [-0.15, -0.1) is 0 Å². The molecule has 148 valence electrons. The molecule has 0 bridgehead atoms. The maximum Gasteiger partial charge on any atom is 0.227 e. The van der Waals surface area contributed by atoms with E-state index in [0.717, 1.165) is 22.4 Å². The molecule has 0 saturated heterocycles. The van der Waals surface area contributed by atoms with Gasteiger partial charge in [-0.25, -0.2) is 0 Å². The van der Waals surface area contributed by atoms with E-state index in [1.165, 1.54) is 0 Å². The molecule has 5 heteroatoms. The summed E-state index contributed by atoms with van der Waals surface area (Å²) in [4.78, 5) is 24.0. The van der Waals surface area contributed by atoms with Crippen LogP contribution in [0.5, 0.6) is 5.75 Å². The Bertz CT molecular complexity index is 971. The van der Waals surface area contributed by atoms with Gasteiger partial charge in [-0.2, -0.15) is 0 Å². The van der Waals surface area contributed by atoms with Crippen molar-refractivity contribution in [1.82, 2.24) is 5.32 Å². The number of benzene rings is 3. The van der Waals surface area contributed by atoms with Crippen LogP contribution in [0.15, 0.2) is 78.9 Å². The Morgan fingerprint density at radius 2 is 1.52 bits per heavy atom. The largest absolute Gasteiger partial charge is 0.492 e. The molecule has 0 unspecified atom stereocenters. The minimum atomic E-state index is -0.161. The van der Waals surface area contributed by atoms with Gasteiger partial charge in [0.05, 0.1) is 19.4 Å². The third-order valence-electron chi connectivity index (χ3n) is 4.48. The molecule has 0 spiro atoms. The van der Waals surface area contributed by atoms with E-state index in [0.29, 0.717) is 5.69 Å². The van der Waals surface area contributed by atoms with Gasteiger partial charge in [0.25, 0.3) is 0 Å². The molecule has 0 aliphatic carbocycles. The molecule has 3 rings (SSSR count). The zero-order valence-electron chi connectivity index (χ0n) is 16.4. The van der Waals surface area contributed by atoms with Gasteiger partial charge in [-0.3, -0.25) is 9.59 Å². The zero-order valence-corrected chi connectivity index (χ0v) is 16.4. The lowest BCUT2D eigenvalue weighted by atomic mass is 10.1. The smallest absolute Gasteiger partial charge is 0.227 e. The third kappa shape index (κ3) is 5.69. The van der Waals surface area contributed by atoms with Crippen LogP contribution in [0.3, 0.4) is 0 Å². The van der Waals surface area contributed by atoms with Crippen molar-refractivity contribution in [2.75, 3.05) is 19.0 Å². The zero-order chi connectivity index (χ0) is 20.5. The highest BCUT2D eigenvalue weighted by atomic mass is 16.5. The van der Waals surface area contributed by atoms with Crippen molar-refractivity contribution in [2.24, 2.45) is 0 Å².